The maximum Gasteiger partial charge on any atom is 0.246 e. The van der Waals surface area contributed by atoms with E-state index in [1.54, 1.807) is 42.9 Å². The number of fused-ring (bicyclic) bond motifs is 1. The number of hydrogen-bond acceptors (Lipinski definition) is 4. The third-order valence-electron chi connectivity index (χ3n) is 4.81. The molecule has 0 unspecified atom stereocenters. The molecule has 0 atom stereocenters. The van der Waals surface area contributed by atoms with Crippen molar-refractivity contribution in [1.29, 1.82) is 0 Å². The Labute approximate surface area is 176 Å². The van der Waals surface area contributed by atoms with Crippen LogP contribution in [0, 0.1) is 17.5 Å². The van der Waals surface area contributed by atoms with E-state index in [9.17, 15) is 18.0 Å². The highest BCUT2D eigenvalue weighted by atomic mass is 19.1. The summed E-state index contributed by atoms with van der Waals surface area (Å²) < 4.78 is 42.7. The maximum atomic E-state index is 14.3. The third-order valence-corrected chi connectivity index (χ3v) is 4.81. The number of nitrogens with zero attached hydrogens (tertiary/aromatic N) is 3. The van der Waals surface area contributed by atoms with E-state index < -0.39 is 23.0 Å². The van der Waals surface area contributed by atoms with Gasteiger partial charge in [0, 0.05) is 24.0 Å². The van der Waals surface area contributed by atoms with Gasteiger partial charge in [-0.3, -0.25) is 9.36 Å². The lowest BCUT2D eigenvalue weighted by Gasteiger charge is -2.28. The molecule has 0 radical (unpaired) electrons. The molecule has 1 aliphatic heterocycles. The molecule has 2 aromatic carbocycles. The number of imidazole rings is 1. The molecule has 2 heterocycles. The van der Waals surface area contributed by atoms with Crippen LogP contribution < -0.4 is 11.1 Å². The number of benzene rings is 2. The normalized spacial score (nSPS) is 13.3. The second kappa shape index (κ2) is 7.59. The quantitative estimate of drug-likeness (QED) is 0.654. The van der Waals surface area contributed by atoms with Crippen molar-refractivity contribution in [3.8, 4) is 11.3 Å². The van der Waals surface area contributed by atoms with Gasteiger partial charge in [0.2, 0.25) is 5.91 Å². The van der Waals surface area contributed by atoms with Crippen LogP contribution in [0.15, 0.2) is 48.7 Å². The van der Waals surface area contributed by atoms with Gasteiger partial charge in [-0.25, -0.2) is 18.2 Å². The van der Waals surface area contributed by atoms with Gasteiger partial charge in [0.1, 0.15) is 34.8 Å². The molecule has 6 nitrogen and oxygen atoms in total. The molecule has 0 spiro atoms. The summed E-state index contributed by atoms with van der Waals surface area (Å²) in [5, 5.41) is 2.95. The Kier molecular flexibility index (Phi) is 5.06. The number of anilines is 2. The van der Waals surface area contributed by atoms with Crippen LogP contribution in [-0.2, 0) is 11.3 Å². The van der Waals surface area contributed by atoms with Crippen LogP contribution in [-0.4, -0.2) is 25.9 Å². The standard InChI is InChI=1S/C22H20F3N5O/c1-22(2,26)21(31)29-9-10-30-18(12-29)28-19(13-3-5-14(23)6-4-13)20(30)27-17-8-7-15(24)11-16(17)25/h3-11,27H,12,26H2,1-2H3. The summed E-state index contributed by atoms with van der Waals surface area (Å²) in [5.74, 6) is -1.29. The molecule has 1 aromatic heterocycles. The van der Waals surface area contributed by atoms with Crippen LogP contribution in [0.2, 0.25) is 0 Å². The number of carbonyl (C=O) groups is 1. The van der Waals surface area contributed by atoms with Crippen LogP contribution in [0.3, 0.4) is 0 Å². The van der Waals surface area contributed by atoms with Gasteiger partial charge in [0.25, 0.3) is 0 Å². The molecule has 3 aromatic rings. The first-order valence-corrected chi connectivity index (χ1v) is 9.51. The zero-order chi connectivity index (χ0) is 22.3. The topological polar surface area (TPSA) is 76.2 Å². The van der Waals surface area contributed by atoms with Crippen molar-refractivity contribution in [1.82, 2.24) is 14.5 Å². The molecule has 160 valence electrons. The Morgan fingerprint density at radius 3 is 2.39 bits per heavy atom. The second-order valence-corrected chi connectivity index (χ2v) is 7.80. The fourth-order valence-electron chi connectivity index (χ4n) is 3.26. The van der Waals surface area contributed by atoms with Crippen LogP contribution in [0.4, 0.5) is 24.7 Å². The fourth-order valence-corrected chi connectivity index (χ4v) is 3.26. The number of rotatable bonds is 4. The van der Waals surface area contributed by atoms with Gasteiger partial charge in [-0.1, -0.05) is 0 Å². The minimum absolute atomic E-state index is 0.0439. The number of nitrogens with two attached hydrogens (primary N) is 1. The summed E-state index contributed by atoms with van der Waals surface area (Å²) in [6.45, 7) is 3.36. The molecular weight excluding hydrogens is 407 g/mol. The summed E-state index contributed by atoms with van der Waals surface area (Å²) >= 11 is 0. The molecule has 0 saturated carbocycles. The highest BCUT2D eigenvalue weighted by molar-refractivity contribution is 5.87. The summed E-state index contributed by atoms with van der Waals surface area (Å²) in [5.41, 5.74) is 5.90. The van der Waals surface area contributed by atoms with Crippen LogP contribution in [0.5, 0.6) is 0 Å². The number of hydrogen-bond donors (Lipinski definition) is 2. The highest BCUT2D eigenvalue weighted by Crippen LogP contribution is 2.34. The second-order valence-electron chi connectivity index (χ2n) is 7.80. The van der Waals surface area contributed by atoms with E-state index in [-0.39, 0.29) is 18.1 Å². The zero-order valence-corrected chi connectivity index (χ0v) is 16.9. The monoisotopic (exact) mass is 427 g/mol. The molecule has 9 heteroatoms. The first kappa shape index (κ1) is 20.7. The van der Waals surface area contributed by atoms with Gasteiger partial charge in [-0.2, -0.15) is 0 Å². The Hall–Kier alpha value is -3.59. The number of amides is 1. The lowest BCUT2D eigenvalue weighted by atomic mass is 10.1. The Morgan fingerprint density at radius 1 is 1.06 bits per heavy atom. The minimum atomic E-state index is -1.07. The Balaban J connectivity index is 1.79. The van der Waals surface area contributed by atoms with E-state index in [2.05, 4.69) is 10.3 Å². The molecule has 1 aliphatic rings. The van der Waals surface area contributed by atoms with Crippen LogP contribution in [0.25, 0.3) is 17.5 Å². The molecule has 1 amide bonds. The molecule has 3 N–H and O–H groups in total. The lowest BCUT2D eigenvalue weighted by molar-refractivity contribution is -0.133. The number of nitrogens with one attached hydrogen (secondary N) is 1. The molecule has 0 fully saturated rings. The van der Waals surface area contributed by atoms with E-state index in [4.69, 9.17) is 5.73 Å². The van der Waals surface area contributed by atoms with E-state index in [1.807, 2.05) is 0 Å². The largest absolute Gasteiger partial charge is 0.337 e. The van der Waals surface area contributed by atoms with Gasteiger partial charge in [-0.15, -0.1) is 0 Å². The minimum Gasteiger partial charge on any atom is -0.337 e. The lowest BCUT2D eigenvalue weighted by Crippen LogP contribution is -2.49. The van der Waals surface area contributed by atoms with Crippen molar-refractivity contribution in [2.24, 2.45) is 5.73 Å². The summed E-state index contributed by atoms with van der Waals surface area (Å²) in [7, 11) is 0. The van der Waals surface area contributed by atoms with Gasteiger partial charge in [-0.05, 0) is 50.2 Å². The van der Waals surface area contributed by atoms with E-state index >= 15 is 0 Å². The number of aromatic nitrogens is 2. The zero-order valence-electron chi connectivity index (χ0n) is 16.9. The first-order valence-electron chi connectivity index (χ1n) is 9.51. The highest BCUT2D eigenvalue weighted by Gasteiger charge is 2.30. The van der Waals surface area contributed by atoms with E-state index in [1.165, 1.54) is 23.1 Å². The molecule has 0 saturated heterocycles. The number of carbonyl (C=O) groups excluding carboxylic acids is 1. The van der Waals surface area contributed by atoms with E-state index in [0.29, 0.717) is 22.9 Å². The van der Waals surface area contributed by atoms with Crippen molar-refractivity contribution in [3.05, 3.63) is 71.9 Å². The molecule has 4 rings (SSSR count). The van der Waals surface area contributed by atoms with Crippen molar-refractivity contribution in [2.75, 3.05) is 5.32 Å². The SMILES string of the molecule is CC(C)(N)C(=O)N1C=Cn2c(nc(-c3ccc(F)cc3)c2Nc2ccc(F)cc2F)C1. The van der Waals surface area contributed by atoms with Gasteiger partial charge in [0.15, 0.2) is 0 Å². The average molecular weight is 427 g/mol. The maximum absolute atomic E-state index is 14.3. The molecule has 31 heavy (non-hydrogen) atoms. The average Bonchev–Trinajstić information content (AvgIpc) is 3.07. The van der Waals surface area contributed by atoms with Crippen molar-refractivity contribution in [2.45, 2.75) is 25.9 Å². The molecular formula is C22H20F3N5O. The summed E-state index contributed by atoms with van der Waals surface area (Å²) in [6, 6.07) is 8.86. The van der Waals surface area contributed by atoms with E-state index in [0.717, 1.165) is 12.1 Å². The Morgan fingerprint density at radius 2 is 1.74 bits per heavy atom. The number of halogens is 3. The van der Waals surface area contributed by atoms with Crippen molar-refractivity contribution < 1.29 is 18.0 Å². The van der Waals surface area contributed by atoms with Crippen molar-refractivity contribution in [3.63, 3.8) is 0 Å². The van der Waals surface area contributed by atoms with Gasteiger partial charge < -0.3 is 16.0 Å². The smallest absolute Gasteiger partial charge is 0.246 e. The molecule has 0 aliphatic carbocycles. The predicted octanol–water partition coefficient (Wildman–Crippen LogP) is 4.22. The van der Waals surface area contributed by atoms with Crippen LogP contribution in [0.1, 0.15) is 19.7 Å². The van der Waals surface area contributed by atoms with Gasteiger partial charge >= 0.3 is 0 Å². The van der Waals surface area contributed by atoms with Crippen molar-refractivity contribution >= 4 is 23.6 Å². The molecule has 0 bridgehead atoms. The Bertz CT molecular complexity index is 1180. The van der Waals surface area contributed by atoms with Gasteiger partial charge in [0.05, 0.1) is 17.8 Å². The predicted molar refractivity (Wildman–Crippen MR) is 111 cm³/mol. The van der Waals surface area contributed by atoms with Crippen LogP contribution >= 0.6 is 0 Å². The summed E-state index contributed by atoms with van der Waals surface area (Å²) in [6.07, 6.45) is 3.17. The third kappa shape index (κ3) is 4.04. The summed E-state index contributed by atoms with van der Waals surface area (Å²) in [4.78, 5) is 18.6. The first-order chi connectivity index (χ1) is 14.6. The fraction of sp³-hybridized carbons (Fsp3) is 0.182.